The van der Waals surface area contributed by atoms with Crippen molar-refractivity contribution in [3.63, 3.8) is 0 Å². The van der Waals surface area contributed by atoms with E-state index >= 15 is 0 Å². The van der Waals surface area contributed by atoms with Gasteiger partial charge in [-0.25, -0.2) is 4.39 Å². The summed E-state index contributed by atoms with van der Waals surface area (Å²) in [5, 5.41) is 2.72. The SMILES string of the molecule is CCC1(C)NC(=O)CC(C)N(CCF)C1=O. The first-order valence-electron chi connectivity index (χ1n) is 5.62. The van der Waals surface area contributed by atoms with Crippen LogP contribution in [0.3, 0.4) is 0 Å². The smallest absolute Gasteiger partial charge is 0.248 e. The summed E-state index contributed by atoms with van der Waals surface area (Å²) in [5.41, 5.74) is -0.892. The summed E-state index contributed by atoms with van der Waals surface area (Å²) >= 11 is 0. The molecule has 0 saturated carbocycles. The van der Waals surface area contributed by atoms with Gasteiger partial charge >= 0.3 is 0 Å². The van der Waals surface area contributed by atoms with Gasteiger partial charge in [-0.2, -0.15) is 0 Å². The molecule has 92 valence electrons. The van der Waals surface area contributed by atoms with Gasteiger partial charge in [-0.3, -0.25) is 9.59 Å². The molecule has 0 aromatic carbocycles. The average Bonchev–Trinajstić information content (AvgIpc) is 2.30. The Bertz CT molecular complexity index is 296. The molecule has 5 heteroatoms. The lowest BCUT2D eigenvalue weighted by atomic mass is 9.97. The van der Waals surface area contributed by atoms with Gasteiger partial charge in [0.25, 0.3) is 0 Å². The summed E-state index contributed by atoms with van der Waals surface area (Å²) in [7, 11) is 0. The van der Waals surface area contributed by atoms with Gasteiger partial charge in [-0.15, -0.1) is 0 Å². The molecule has 0 aliphatic carbocycles. The van der Waals surface area contributed by atoms with Crippen molar-refractivity contribution < 1.29 is 14.0 Å². The first kappa shape index (κ1) is 12.9. The maximum Gasteiger partial charge on any atom is 0.248 e. The third-order valence-corrected chi connectivity index (χ3v) is 3.19. The van der Waals surface area contributed by atoms with Gasteiger partial charge in [0.2, 0.25) is 11.8 Å². The minimum atomic E-state index is -0.892. The van der Waals surface area contributed by atoms with Crippen LogP contribution in [0.5, 0.6) is 0 Å². The number of hydrogen-bond acceptors (Lipinski definition) is 2. The number of carbonyl (C=O) groups is 2. The van der Waals surface area contributed by atoms with E-state index in [9.17, 15) is 14.0 Å². The van der Waals surface area contributed by atoms with Crippen molar-refractivity contribution in [3.8, 4) is 0 Å². The van der Waals surface area contributed by atoms with Gasteiger partial charge < -0.3 is 10.2 Å². The quantitative estimate of drug-likeness (QED) is 0.781. The molecule has 1 N–H and O–H groups in total. The number of nitrogens with zero attached hydrogens (tertiary/aromatic N) is 1. The summed E-state index contributed by atoms with van der Waals surface area (Å²) in [5.74, 6) is -0.336. The predicted octanol–water partition coefficient (Wildman–Crippen LogP) is 0.862. The largest absolute Gasteiger partial charge is 0.342 e. The fraction of sp³-hybridized carbons (Fsp3) is 0.818. The Morgan fingerprint density at radius 2 is 2.19 bits per heavy atom. The van der Waals surface area contributed by atoms with E-state index < -0.39 is 12.2 Å². The van der Waals surface area contributed by atoms with E-state index in [0.29, 0.717) is 6.42 Å². The molecular weight excluding hydrogens is 211 g/mol. The highest BCUT2D eigenvalue weighted by Crippen LogP contribution is 2.20. The second kappa shape index (κ2) is 4.80. The van der Waals surface area contributed by atoms with Crippen LogP contribution < -0.4 is 5.32 Å². The molecule has 1 rings (SSSR count). The molecule has 1 heterocycles. The van der Waals surface area contributed by atoms with Crippen molar-refractivity contribution in [2.24, 2.45) is 0 Å². The summed E-state index contributed by atoms with van der Waals surface area (Å²) in [6.07, 6.45) is 0.744. The fourth-order valence-corrected chi connectivity index (χ4v) is 1.96. The average molecular weight is 230 g/mol. The molecule has 1 fully saturated rings. The second-order valence-electron chi connectivity index (χ2n) is 4.47. The van der Waals surface area contributed by atoms with Crippen LogP contribution in [0, 0.1) is 0 Å². The van der Waals surface area contributed by atoms with Crippen LogP contribution in [0.2, 0.25) is 0 Å². The lowest BCUT2D eigenvalue weighted by Crippen LogP contribution is -2.55. The monoisotopic (exact) mass is 230 g/mol. The molecule has 2 atom stereocenters. The van der Waals surface area contributed by atoms with E-state index in [1.165, 1.54) is 4.90 Å². The van der Waals surface area contributed by atoms with Crippen molar-refractivity contribution in [2.75, 3.05) is 13.2 Å². The minimum absolute atomic E-state index is 0.0601. The number of carbonyl (C=O) groups excluding carboxylic acids is 2. The van der Waals surface area contributed by atoms with Gasteiger partial charge in [0.15, 0.2) is 0 Å². The first-order valence-corrected chi connectivity index (χ1v) is 5.62. The highest BCUT2D eigenvalue weighted by Gasteiger charge is 2.41. The van der Waals surface area contributed by atoms with Gasteiger partial charge in [0, 0.05) is 19.0 Å². The minimum Gasteiger partial charge on any atom is -0.342 e. The van der Waals surface area contributed by atoms with E-state index in [2.05, 4.69) is 5.32 Å². The van der Waals surface area contributed by atoms with E-state index in [-0.39, 0.29) is 30.8 Å². The van der Waals surface area contributed by atoms with Crippen molar-refractivity contribution in [2.45, 2.75) is 45.2 Å². The zero-order chi connectivity index (χ0) is 12.3. The molecule has 1 saturated heterocycles. The molecule has 1 aliphatic rings. The second-order valence-corrected chi connectivity index (χ2v) is 4.47. The number of hydrogen-bond donors (Lipinski definition) is 1. The van der Waals surface area contributed by atoms with Crippen LogP contribution in [0.15, 0.2) is 0 Å². The Balaban J connectivity index is 2.99. The molecule has 2 amide bonds. The van der Waals surface area contributed by atoms with Gasteiger partial charge in [0.05, 0.1) is 0 Å². The summed E-state index contributed by atoms with van der Waals surface area (Å²) in [4.78, 5) is 25.2. The molecule has 16 heavy (non-hydrogen) atoms. The molecule has 0 aromatic rings. The summed E-state index contributed by atoms with van der Waals surface area (Å²) in [6.45, 7) is 4.78. The van der Waals surface area contributed by atoms with Crippen molar-refractivity contribution in [3.05, 3.63) is 0 Å². The van der Waals surface area contributed by atoms with Crippen LogP contribution in [-0.2, 0) is 9.59 Å². The number of rotatable bonds is 3. The standard InChI is InChI=1S/C11H19FN2O2/c1-4-11(3)10(16)14(6-5-12)8(2)7-9(15)13-11/h8H,4-7H2,1-3H3,(H,13,15). The Morgan fingerprint density at radius 1 is 1.56 bits per heavy atom. The highest BCUT2D eigenvalue weighted by atomic mass is 19.1. The lowest BCUT2D eigenvalue weighted by Gasteiger charge is -2.33. The molecule has 1 aliphatic heterocycles. The fourth-order valence-electron chi connectivity index (χ4n) is 1.96. The number of alkyl halides is 1. The third-order valence-electron chi connectivity index (χ3n) is 3.19. The summed E-state index contributed by atoms with van der Waals surface area (Å²) < 4.78 is 12.4. The molecule has 0 bridgehead atoms. The van der Waals surface area contributed by atoms with Crippen molar-refractivity contribution >= 4 is 11.8 Å². The molecule has 4 nitrogen and oxygen atoms in total. The Hall–Kier alpha value is -1.13. The van der Waals surface area contributed by atoms with Crippen molar-refractivity contribution in [1.29, 1.82) is 0 Å². The Labute approximate surface area is 95.2 Å². The highest BCUT2D eigenvalue weighted by molar-refractivity contribution is 5.93. The first-order chi connectivity index (χ1) is 7.44. The van der Waals surface area contributed by atoms with Gasteiger partial charge in [-0.05, 0) is 20.3 Å². The predicted molar refractivity (Wildman–Crippen MR) is 58.6 cm³/mol. The summed E-state index contributed by atoms with van der Waals surface area (Å²) in [6, 6.07) is -0.239. The normalized spacial score (nSPS) is 31.2. The number of nitrogens with one attached hydrogen (secondary N) is 1. The third kappa shape index (κ3) is 2.33. The van der Waals surface area contributed by atoms with Crippen LogP contribution in [0.4, 0.5) is 4.39 Å². The van der Waals surface area contributed by atoms with E-state index in [0.717, 1.165) is 0 Å². The molecular formula is C11H19FN2O2. The lowest BCUT2D eigenvalue weighted by molar-refractivity contribution is -0.139. The van der Waals surface area contributed by atoms with Gasteiger partial charge in [0.1, 0.15) is 12.2 Å². The number of amides is 2. The van der Waals surface area contributed by atoms with E-state index in [1.807, 2.05) is 6.92 Å². The Morgan fingerprint density at radius 3 is 2.69 bits per heavy atom. The number of halogens is 1. The zero-order valence-corrected chi connectivity index (χ0v) is 10.0. The topological polar surface area (TPSA) is 49.4 Å². The maximum absolute atomic E-state index is 12.4. The van der Waals surface area contributed by atoms with Crippen LogP contribution in [-0.4, -0.2) is 41.5 Å². The van der Waals surface area contributed by atoms with Gasteiger partial charge in [-0.1, -0.05) is 6.92 Å². The zero-order valence-electron chi connectivity index (χ0n) is 10.0. The molecule has 0 spiro atoms. The van der Waals surface area contributed by atoms with Crippen molar-refractivity contribution in [1.82, 2.24) is 10.2 Å². The van der Waals surface area contributed by atoms with Crippen LogP contribution in [0.1, 0.15) is 33.6 Å². The molecule has 2 unspecified atom stereocenters. The van der Waals surface area contributed by atoms with E-state index in [1.54, 1.807) is 13.8 Å². The maximum atomic E-state index is 12.4. The molecule has 0 radical (unpaired) electrons. The van der Waals surface area contributed by atoms with Crippen LogP contribution >= 0.6 is 0 Å². The molecule has 0 aromatic heterocycles. The Kier molecular flexibility index (Phi) is 3.88. The van der Waals surface area contributed by atoms with E-state index in [4.69, 9.17) is 0 Å². The van der Waals surface area contributed by atoms with Crippen LogP contribution in [0.25, 0.3) is 0 Å².